The predicted molar refractivity (Wildman–Crippen MR) is 113 cm³/mol. The Balaban J connectivity index is 1.54. The van der Waals surface area contributed by atoms with E-state index in [-0.39, 0.29) is 17.4 Å². The smallest absolute Gasteiger partial charge is 0.256 e. The molecular weight excluding hydrogens is 439 g/mol. The zero-order chi connectivity index (χ0) is 20.8. The van der Waals surface area contributed by atoms with Crippen LogP contribution in [-0.2, 0) is 11.2 Å². The number of hydrogen-bond donors (Lipinski definition) is 0. The molecule has 1 saturated heterocycles. The third-order valence-corrected chi connectivity index (χ3v) is 5.58. The number of ether oxygens (including phenoxy) is 1. The minimum atomic E-state index is -0.541. The fourth-order valence-corrected chi connectivity index (χ4v) is 3.74. The molecule has 0 bridgehead atoms. The SMILES string of the molecule is COc1ccc(CCC(=O)N2CCCN(C(=O)c3ccc(Br)cc3F)CC2)cc1. The molecule has 2 aromatic rings. The number of nitrogens with zero attached hydrogens (tertiary/aromatic N) is 2. The summed E-state index contributed by atoms with van der Waals surface area (Å²) in [5, 5.41) is 0. The quantitative estimate of drug-likeness (QED) is 0.676. The summed E-state index contributed by atoms with van der Waals surface area (Å²) in [5.41, 5.74) is 1.14. The molecule has 0 aliphatic carbocycles. The van der Waals surface area contributed by atoms with Crippen molar-refractivity contribution in [2.24, 2.45) is 0 Å². The van der Waals surface area contributed by atoms with Crippen LogP contribution in [0.1, 0.15) is 28.8 Å². The first-order valence-electron chi connectivity index (χ1n) is 9.63. The number of benzene rings is 2. The summed E-state index contributed by atoms with van der Waals surface area (Å²) in [4.78, 5) is 28.7. The molecule has 0 radical (unpaired) electrons. The van der Waals surface area contributed by atoms with Gasteiger partial charge in [0.25, 0.3) is 5.91 Å². The van der Waals surface area contributed by atoms with Gasteiger partial charge in [0.15, 0.2) is 0 Å². The van der Waals surface area contributed by atoms with Crippen molar-refractivity contribution >= 4 is 27.7 Å². The van der Waals surface area contributed by atoms with Crippen LogP contribution in [0.15, 0.2) is 46.9 Å². The molecule has 0 atom stereocenters. The highest BCUT2D eigenvalue weighted by molar-refractivity contribution is 9.10. The lowest BCUT2D eigenvalue weighted by atomic mass is 10.1. The van der Waals surface area contributed by atoms with Crippen LogP contribution in [0.3, 0.4) is 0 Å². The van der Waals surface area contributed by atoms with E-state index in [0.29, 0.717) is 49.9 Å². The lowest BCUT2D eigenvalue weighted by Crippen LogP contribution is -2.37. The summed E-state index contributed by atoms with van der Waals surface area (Å²) in [6.45, 7) is 1.98. The molecule has 0 aromatic heterocycles. The fourth-order valence-electron chi connectivity index (χ4n) is 3.40. The number of hydrogen-bond acceptors (Lipinski definition) is 3. The van der Waals surface area contributed by atoms with Gasteiger partial charge in [-0.05, 0) is 48.7 Å². The summed E-state index contributed by atoms with van der Waals surface area (Å²) in [6.07, 6.45) is 1.76. The third kappa shape index (κ3) is 5.56. The topological polar surface area (TPSA) is 49.9 Å². The molecule has 1 heterocycles. The van der Waals surface area contributed by atoms with Crippen molar-refractivity contribution in [1.82, 2.24) is 9.80 Å². The van der Waals surface area contributed by atoms with E-state index in [0.717, 1.165) is 11.3 Å². The maximum atomic E-state index is 14.1. The van der Waals surface area contributed by atoms with Gasteiger partial charge in [-0.3, -0.25) is 9.59 Å². The van der Waals surface area contributed by atoms with E-state index in [9.17, 15) is 14.0 Å². The average Bonchev–Trinajstić information content (AvgIpc) is 2.98. The summed E-state index contributed by atoms with van der Waals surface area (Å²) >= 11 is 3.20. The predicted octanol–water partition coefficient (Wildman–Crippen LogP) is 3.90. The Kier molecular flexibility index (Phi) is 7.25. The van der Waals surface area contributed by atoms with Gasteiger partial charge in [0.1, 0.15) is 11.6 Å². The summed E-state index contributed by atoms with van der Waals surface area (Å²) in [5.74, 6) is -0.00641. The molecule has 5 nitrogen and oxygen atoms in total. The highest BCUT2D eigenvalue weighted by atomic mass is 79.9. The first kappa shape index (κ1) is 21.3. The van der Waals surface area contributed by atoms with Crippen molar-refractivity contribution in [1.29, 1.82) is 0 Å². The van der Waals surface area contributed by atoms with Crippen molar-refractivity contribution in [2.45, 2.75) is 19.3 Å². The van der Waals surface area contributed by atoms with Crippen LogP contribution in [0.25, 0.3) is 0 Å². The van der Waals surface area contributed by atoms with Gasteiger partial charge in [0.05, 0.1) is 12.7 Å². The molecule has 3 rings (SSSR count). The van der Waals surface area contributed by atoms with Gasteiger partial charge in [-0.25, -0.2) is 4.39 Å². The first-order valence-corrected chi connectivity index (χ1v) is 10.4. The van der Waals surface area contributed by atoms with Crippen LogP contribution in [0.5, 0.6) is 5.75 Å². The molecule has 7 heteroatoms. The Morgan fingerprint density at radius 1 is 1.03 bits per heavy atom. The Bertz CT molecular complexity index is 873. The van der Waals surface area contributed by atoms with Crippen LogP contribution < -0.4 is 4.74 Å². The Hall–Kier alpha value is -2.41. The van der Waals surface area contributed by atoms with E-state index >= 15 is 0 Å². The van der Waals surface area contributed by atoms with Crippen LogP contribution >= 0.6 is 15.9 Å². The summed E-state index contributed by atoms with van der Waals surface area (Å²) in [6, 6.07) is 12.1. The number of rotatable bonds is 5. The van der Waals surface area contributed by atoms with E-state index < -0.39 is 5.82 Å². The average molecular weight is 463 g/mol. The third-order valence-electron chi connectivity index (χ3n) is 5.08. The molecule has 1 aliphatic rings. The summed E-state index contributed by atoms with van der Waals surface area (Å²) in [7, 11) is 1.62. The highest BCUT2D eigenvalue weighted by Crippen LogP contribution is 2.18. The number of aryl methyl sites for hydroxylation is 1. The molecule has 0 spiro atoms. The van der Waals surface area contributed by atoms with Gasteiger partial charge in [0, 0.05) is 37.1 Å². The van der Waals surface area contributed by atoms with Gasteiger partial charge in [0.2, 0.25) is 5.91 Å². The zero-order valence-electron chi connectivity index (χ0n) is 16.4. The van der Waals surface area contributed by atoms with E-state index in [1.807, 2.05) is 24.3 Å². The van der Waals surface area contributed by atoms with E-state index in [4.69, 9.17) is 4.74 Å². The van der Waals surface area contributed by atoms with Gasteiger partial charge >= 0.3 is 0 Å². The normalized spacial score (nSPS) is 14.4. The molecule has 0 unspecified atom stereocenters. The van der Waals surface area contributed by atoms with Gasteiger partial charge in [-0.1, -0.05) is 28.1 Å². The lowest BCUT2D eigenvalue weighted by molar-refractivity contribution is -0.131. The molecule has 0 saturated carbocycles. The molecule has 0 N–H and O–H groups in total. The Labute approximate surface area is 178 Å². The van der Waals surface area contributed by atoms with E-state index in [1.165, 1.54) is 12.1 Å². The van der Waals surface area contributed by atoms with E-state index in [1.54, 1.807) is 23.0 Å². The van der Waals surface area contributed by atoms with Crippen LogP contribution in [0.2, 0.25) is 0 Å². The first-order chi connectivity index (χ1) is 14.0. The molecule has 1 aliphatic heterocycles. The van der Waals surface area contributed by atoms with Crippen molar-refractivity contribution < 1.29 is 18.7 Å². The lowest BCUT2D eigenvalue weighted by Gasteiger charge is -2.22. The molecule has 2 amide bonds. The van der Waals surface area contributed by atoms with E-state index in [2.05, 4.69) is 15.9 Å². The van der Waals surface area contributed by atoms with Gasteiger partial charge in [-0.15, -0.1) is 0 Å². The van der Waals surface area contributed by atoms with Gasteiger partial charge < -0.3 is 14.5 Å². The maximum absolute atomic E-state index is 14.1. The number of carbonyl (C=O) groups excluding carboxylic acids is 2. The largest absolute Gasteiger partial charge is 0.497 e. The van der Waals surface area contributed by atoms with Crippen LogP contribution in [0, 0.1) is 5.82 Å². The number of halogens is 2. The number of amides is 2. The van der Waals surface area contributed by atoms with Crippen molar-refractivity contribution in [3.63, 3.8) is 0 Å². The van der Waals surface area contributed by atoms with Crippen molar-refractivity contribution in [2.75, 3.05) is 33.3 Å². The molecule has 29 heavy (non-hydrogen) atoms. The highest BCUT2D eigenvalue weighted by Gasteiger charge is 2.24. The second-order valence-corrected chi connectivity index (χ2v) is 7.91. The standard InChI is InChI=1S/C22H24BrFN2O3/c1-29-18-7-3-16(4-8-18)5-10-21(27)25-11-2-12-26(14-13-25)22(28)19-9-6-17(23)15-20(19)24/h3-4,6-9,15H,2,5,10-14H2,1H3. The second kappa shape index (κ2) is 9.87. The Morgan fingerprint density at radius 3 is 2.41 bits per heavy atom. The van der Waals surface area contributed by atoms with Gasteiger partial charge in [-0.2, -0.15) is 0 Å². The zero-order valence-corrected chi connectivity index (χ0v) is 18.0. The maximum Gasteiger partial charge on any atom is 0.256 e. The van der Waals surface area contributed by atoms with Crippen molar-refractivity contribution in [3.05, 3.63) is 63.9 Å². The minimum absolute atomic E-state index is 0.0625. The monoisotopic (exact) mass is 462 g/mol. The molecular formula is C22H24BrFN2O3. The molecule has 2 aromatic carbocycles. The second-order valence-electron chi connectivity index (χ2n) is 7.00. The number of methoxy groups -OCH3 is 1. The van der Waals surface area contributed by atoms with Crippen LogP contribution in [0.4, 0.5) is 4.39 Å². The Morgan fingerprint density at radius 2 is 1.72 bits per heavy atom. The van der Waals surface area contributed by atoms with Crippen LogP contribution in [-0.4, -0.2) is 54.9 Å². The summed E-state index contributed by atoms with van der Waals surface area (Å²) < 4.78 is 19.9. The minimum Gasteiger partial charge on any atom is -0.497 e. The molecule has 1 fully saturated rings. The fraction of sp³-hybridized carbons (Fsp3) is 0.364. The number of carbonyl (C=O) groups is 2. The molecule has 154 valence electrons. The van der Waals surface area contributed by atoms with Crippen molar-refractivity contribution in [3.8, 4) is 5.75 Å².